The van der Waals surface area contributed by atoms with E-state index in [0.29, 0.717) is 6.54 Å². The fourth-order valence-corrected chi connectivity index (χ4v) is 5.98. The van der Waals surface area contributed by atoms with Crippen molar-refractivity contribution in [1.82, 2.24) is 34.4 Å². The van der Waals surface area contributed by atoms with E-state index in [4.69, 9.17) is 16.3 Å². The van der Waals surface area contributed by atoms with Crippen molar-refractivity contribution < 1.29 is 27.5 Å². The quantitative estimate of drug-likeness (QED) is 0.192. The van der Waals surface area contributed by atoms with Crippen LogP contribution in [0.2, 0.25) is 5.02 Å². The summed E-state index contributed by atoms with van der Waals surface area (Å²) in [5.41, 5.74) is 0.645. The third-order valence-corrected chi connectivity index (χ3v) is 8.16. The number of hydrogen-bond donors (Lipinski definition) is 2. The van der Waals surface area contributed by atoms with Gasteiger partial charge in [0.15, 0.2) is 22.9 Å². The van der Waals surface area contributed by atoms with Crippen LogP contribution >= 0.6 is 11.6 Å². The van der Waals surface area contributed by atoms with Gasteiger partial charge in [0.05, 0.1) is 33.7 Å². The van der Waals surface area contributed by atoms with E-state index in [1.54, 1.807) is 0 Å². The molecule has 6 rings (SSSR count). The second-order valence-corrected chi connectivity index (χ2v) is 11.2. The van der Waals surface area contributed by atoms with Gasteiger partial charge in [0.1, 0.15) is 0 Å². The molecule has 2 N–H and O–H groups in total. The molecule has 0 radical (unpaired) electrons. The Morgan fingerprint density at radius 1 is 1.17 bits per heavy atom. The SMILES string of the molecule is CNC(=O)c1ccc(Nc2nccn3c(-c4cn(CC5CCN(Cc6ccccc6)C5)nc4C(F)(F)F)cnc23)c(OC=O)c1Cl. The first-order valence-corrected chi connectivity index (χ1v) is 14.7. The molecule has 1 unspecified atom stereocenters. The van der Waals surface area contributed by atoms with Crippen molar-refractivity contribution in [1.29, 1.82) is 0 Å². The van der Waals surface area contributed by atoms with E-state index in [-0.39, 0.29) is 57.1 Å². The number of carbonyl (C=O) groups is 2. The van der Waals surface area contributed by atoms with Gasteiger partial charge in [0.25, 0.3) is 12.4 Å². The number of hydrogen-bond acceptors (Lipinski definition) is 8. The highest BCUT2D eigenvalue weighted by Gasteiger charge is 2.39. The number of likely N-dealkylation sites (tertiary alicyclic amines) is 1. The number of nitrogens with zero attached hydrogens (tertiary/aromatic N) is 6. The number of halogens is 4. The monoisotopic (exact) mass is 652 g/mol. The third-order valence-electron chi connectivity index (χ3n) is 7.79. The molecule has 1 saturated heterocycles. The molecule has 2 aromatic carbocycles. The van der Waals surface area contributed by atoms with Crippen molar-refractivity contribution in [3.8, 4) is 17.0 Å². The summed E-state index contributed by atoms with van der Waals surface area (Å²) in [6.45, 7) is 2.89. The molecule has 1 fully saturated rings. The number of benzene rings is 2. The van der Waals surface area contributed by atoms with Crippen molar-refractivity contribution in [2.75, 3.05) is 25.5 Å². The fraction of sp³-hybridized carbons (Fsp3) is 0.258. The van der Waals surface area contributed by atoms with E-state index in [0.717, 1.165) is 26.1 Å². The maximum Gasteiger partial charge on any atom is 0.435 e. The Kier molecular flexibility index (Phi) is 8.65. The molecule has 0 saturated carbocycles. The molecule has 0 spiro atoms. The Hall–Kier alpha value is -4.95. The van der Waals surface area contributed by atoms with Gasteiger partial charge in [0, 0.05) is 45.3 Å². The molecule has 238 valence electrons. The van der Waals surface area contributed by atoms with Crippen molar-refractivity contribution in [2.45, 2.75) is 25.7 Å². The fourth-order valence-electron chi connectivity index (χ4n) is 5.69. The molecule has 1 atom stereocenters. The Balaban J connectivity index is 1.28. The molecule has 4 heterocycles. The van der Waals surface area contributed by atoms with Gasteiger partial charge in [-0.15, -0.1) is 0 Å². The van der Waals surface area contributed by atoms with Gasteiger partial charge < -0.3 is 15.4 Å². The number of ether oxygens (including phenoxy) is 1. The number of alkyl halides is 3. The number of rotatable bonds is 10. The molecule has 0 bridgehead atoms. The number of carbonyl (C=O) groups excluding carboxylic acids is 2. The number of anilines is 2. The van der Waals surface area contributed by atoms with Gasteiger partial charge in [-0.3, -0.25) is 23.6 Å². The summed E-state index contributed by atoms with van der Waals surface area (Å²) in [6, 6.07) is 12.9. The topological polar surface area (TPSA) is 119 Å². The summed E-state index contributed by atoms with van der Waals surface area (Å²) in [5.74, 6) is -0.352. The second-order valence-electron chi connectivity index (χ2n) is 10.8. The zero-order valence-corrected chi connectivity index (χ0v) is 25.2. The molecule has 46 heavy (non-hydrogen) atoms. The lowest BCUT2D eigenvalue weighted by Crippen LogP contribution is -2.21. The molecule has 3 aromatic heterocycles. The summed E-state index contributed by atoms with van der Waals surface area (Å²) in [4.78, 5) is 34.3. The number of amides is 1. The van der Waals surface area contributed by atoms with E-state index >= 15 is 0 Å². The summed E-state index contributed by atoms with van der Waals surface area (Å²) in [5, 5.41) is 9.27. The van der Waals surface area contributed by atoms with Crippen molar-refractivity contribution >= 4 is 41.1 Å². The molecule has 15 heteroatoms. The molecule has 11 nitrogen and oxygen atoms in total. The molecular weight excluding hydrogens is 625 g/mol. The van der Waals surface area contributed by atoms with Crippen molar-refractivity contribution in [3.05, 3.63) is 89.1 Å². The second kappa shape index (κ2) is 12.8. The van der Waals surface area contributed by atoms with Crippen LogP contribution in [0.1, 0.15) is 28.0 Å². The highest BCUT2D eigenvalue weighted by atomic mass is 35.5. The lowest BCUT2D eigenvalue weighted by Gasteiger charge is -2.16. The van der Waals surface area contributed by atoms with Gasteiger partial charge in [-0.2, -0.15) is 18.3 Å². The molecule has 0 aliphatic carbocycles. The first kappa shape index (κ1) is 31.0. The zero-order valence-electron chi connectivity index (χ0n) is 24.5. The van der Waals surface area contributed by atoms with Crippen molar-refractivity contribution in [2.24, 2.45) is 5.92 Å². The Labute approximate surface area is 266 Å². The van der Waals surface area contributed by atoms with E-state index in [9.17, 15) is 22.8 Å². The molecule has 5 aromatic rings. The highest BCUT2D eigenvalue weighted by molar-refractivity contribution is 6.36. The molecule has 1 amide bonds. The van der Waals surface area contributed by atoms with Crippen LogP contribution < -0.4 is 15.4 Å². The minimum atomic E-state index is -4.71. The van der Waals surface area contributed by atoms with Gasteiger partial charge in [0.2, 0.25) is 0 Å². The largest absolute Gasteiger partial charge is 0.435 e. The van der Waals surface area contributed by atoms with Crippen LogP contribution in [0.15, 0.2) is 67.3 Å². The average Bonchev–Trinajstić information content (AvgIpc) is 3.78. The van der Waals surface area contributed by atoms with E-state index in [1.807, 2.05) is 18.2 Å². The predicted molar refractivity (Wildman–Crippen MR) is 164 cm³/mol. The molecule has 1 aliphatic heterocycles. The number of aromatic nitrogens is 5. The van der Waals surface area contributed by atoms with Crippen LogP contribution in [-0.2, 0) is 24.1 Å². The minimum Gasteiger partial charge on any atom is -0.425 e. The molecule has 1 aliphatic rings. The Bertz CT molecular complexity index is 1890. The van der Waals surface area contributed by atoms with Gasteiger partial charge in [-0.1, -0.05) is 41.9 Å². The van der Waals surface area contributed by atoms with Crippen LogP contribution in [0.3, 0.4) is 0 Å². The Morgan fingerprint density at radius 3 is 2.72 bits per heavy atom. The first-order valence-electron chi connectivity index (χ1n) is 14.3. The standard InChI is InChI=1S/C31H28ClF3N8O3/c1-36-30(45)21-7-8-23(26(25(21)32)46-18-44)39-28-29-38-13-24(43(29)12-10-37-28)22-17-42(40-27(22)31(33,34)35)16-20-9-11-41(15-20)14-19-5-3-2-4-6-19/h2-8,10,12-13,17-18,20H,9,11,14-16H2,1H3,(H,36,45)(H,37,39). The predicted octanol–water partition coefficient (Wildman–Crippen LogP) is 5.43. The lowest BCUT2D eigenvalue weighted by atomic mass is 10.1. The van der Waals surface area contributed by atoms with Crippen LogP contribution in [0.4, 0.5) is 24.7 Å². The maximum atomic E-state index is 14.3. The summed E-state index contributed by atoms with van der Waals surface area (Å²) in [7, 11) is 1.43. The first-order chi connectivity index (χ1) is 22.2. The summed E-state index contributed by atoms with van der Waals surface area (Å²) < 4.78 is 50.7. The van der Waals surface area contributed by atoms with E-state index in [2.05, 4.69) is 42.7 Å². The smallest absolute Gasteiger partial charge is 0.425 e. The van der Waals surface area contributed by atoms with E-state index < -0.39 is 17.8 Å². The molecular formula is C31H28ClF3N8O3. The van der Waals surface area contributed by atoms with Crippen LogP contribution in [0.25, 0.3) is 16.9 Å². The number of nitrogens with one attached hydrogen (secondary N) is 2. The third kappa shape index (κ3) is 6.26. The zero-order chi connectivity index (χ0) is 32.4. The van der Waals surface area contributed by atoms with Gasteiger partial charge >= 0.3 is 6.18 Å². The number of fused-ring (bicyclic) bond motifs is 1. The number of imidazole rings is 1. The minimum absolute atomic E-state index is 0.0685. The normalized spacial score (nSPS) is 15.3. The summed E-state index contributed by atoms with van der Waals surface area (Å²) in [6.07, 6.45) is 1.75. The lowest BCUT2D eigenvalue weighted by molar-refractivity contribution is -0.141. The van der Waals surface area contributed by atoms with Crippen molar-refractivity contribution in [3.63, 3.8) is 0 Å². The summed E-state index contributed by atoms with van der Waals surface area (Å²) >= 11 is 6.36. The van der Waals surface area contributed by atoms with E-state index in [1.165, 1.54) is 58.6 Å². The average molecular weight is 653 g/mol. The van der Waals surface area contributed by atoms with Gasteiger partial charge in [-0.05, 0) is 36.6 Å². The maximum absolute atomic E-state index is 14.3. The highest BCUT2D eigenvalue weighted by Crippen LogP contribution is 2.39. The van der Waals surface area contributed by atoms with Crippen LogP contribution in [-0.4, -0.2) is 61.6 Å². The van der Waals surface area contributed by atoms with Gasteiger partial charge in [-0.25, -0.2) is 9.97 Å². The Morgan fingerprint density at radius 2 is 1.98 bits per heavy atom. The van der Waals surface area contributed by atoms with Crippen LogP contribution in [0, 0.1) is 5.92 Å². The van der Waals surface area contributed by atoms with Crippen LogP contribution in [0.5, 0.6) is 5.75 Å².